The lowest BCUT2D eigenvalue weighted by Crippen LogP contribution is -2.43. The minimum Gasteiger partial charge on any atom is -0.405 e. The minimum absolute atomic E-state index is 0.0825. The van der Waals surface area contributed by atoms with E-state index >= 15 is 0 Å². The second-order valence-corrected chi connectivity index (χ2v) is 7.47. The fourth-order valence-electron chi connectivity index (χ4n) is 3.70. The number of hydrogen-bond acceptors (Lipinski definition) is 7. The molecule has 2 aliphatic rings. The standard InChI is InChI=1S/C21H20F3N3O5/c22-21(23,24)32-19-9-15(27-7-5-13(10-28)6-8-27)2-3-16(19)20(31)26-17-4-1-14(11-29)25-18(17)12-30/h2-3,9-10,13,17,25H,1,4-8H2,(H,26,31)/t17-/m0/s1. The van der Waals surface area contributed by atoms with Crippen LogP contribution in [-0.2, 0) is 14.4 Å². The molecule has 1 aromatic rings. The highest BCUT2D eigenvalue weighted by atomic mass is 19.4. The number of carbonyl (C=O) groups is 2. The maximum Gasteiger partial charge on any atom is 0.573 e. The van der Waals surface area contributed by atoms with Crippen molar-refractivity contribution in [3.8, 4) is 5.75 Å². The summed E-state index contributed by atoms with van der Waals surface area (Å²) >= 11 is 0. The predicted molar refractivity (Wildman–Crippen MR) is 106 cm³/mol. The number of rotatable bonds is 5. The Bertz CT molecular complexity index is 989. The number of halogens is 3. The molecule has 0 aromatic heterocycles. The molecule has 0 bridgehead atoms. The molecule has 0 radical (unpaired) electrons. The van der Waals surface area contributed by atoms with Gasteiger partial charge in [-0.25, -0.2) is 9.59 Å². The van der Waals surface area contributed by atoms with Crippen LogP contribution in [0.25, 0.3) is 0 Å². The van der Waals surface area contributed by atoms with E-state index in [2.05, 4.69) is 15.4 Å². The summed E-state index contributed by atoms with van der Waals surface area (Å²) in [4.78, 5) is 47.4. The summed E-state index contributed by atoms with van der Waals surface area (Å²) in [5, 5.41) is 4.98. The fraction of sp³-hybridized carbons (Fsp3) is 0.429. The highest BCUT2D eigenvalue weighted by Gasteiger charge is 2.34. The maximum absolute atomic E-state index is 13.0. The van der Waals surface area contributed by atoms with Gasteiger partial charge in [0.25, 0.3) is 5.91 Å². The van der Waals surface area contributed by atoms with Gasteiger partial charge in [-0.3, -0.25) is 4.79 Å². The van der Waals surface area contributed by atoms with Crippen LogP contribution in [0.3, 0.4) is 0 Å². The van der Waals surface area contributed by atoms with E-state index in [0.717, 1.165) is 12.4 Å². The molecule has 2 heterocycles. The topological polar surface area (TPSA) is 105 Å². The summed E-state index contributed by atoms with van der Waals surface area (Å²) in [5.74, 6) is 1.57. The van der Waals surface area contributed by atoms with Crippen molar-refractivity contribution in [1.29, 1.82) is 0 Å². The molecule has 32 heavy (non-hydrogen) atoms. The van der Waals surface area contributed by atoms with Crippen molar-refractivity contribution >= 4 is 29.8 Å². The third kappa shape index (κ3) is 5.57. The quantitative estimate of drug-likeness (QED) is 0.521. The van der Waals surface area contributed by atoms with E-state index in [1.807, 2.05) is 4.90 Å². The number of carbonyl (C=O) groups excluding carboxylic acids is 4. The zero-order valence-electron chi connectivity index (χ0n) is 16.8. The van der Waals surface area contributed by atoms with Crippen LogP contribution in [0.5, 0.6) is 5.75 Å². The third-order valence-electron chi connectivity index (χ3n) is 5.39. The van der Waals surface area contributed by atoms with E-state index in [9.17, 15) is 32.3 Å². The van der Waals surface area contributed by atoms with Gasteiger partial charge in [-0.2, -0.15) is 0 Å². The van der Waals surface area contributed by atoms with Gasteiger partial charge in [0.1, 0.15) is 35.3 Å². The molecule has 3 rings (SSSR count). The first-order valence-corrected chi connectivity index (χ1v) is 9.91. The first-order valence-electron chi connectivity index (χ1n) is 9.91. The zero-order valence-corrected chi connectivity index (χ0v) is 16.8. The Hall–Kier alpha value is -3.55. The molecule has 0 saturated carbocycles. The zero-order chi connectivity index (χ0) is 23.3. The number of nitrogens with zero attached hydrogens (tertiary/aromatic N) is 1. The summed E-state index contributed by atoms with van der Waals surface area (Å²) < 4.78 is 43.1. The van der Waals surface area contributed by atoms with Crippen molar-refractivity contribution in [2.24, 2.45) is 5.92 Å². The Morgan fingerprint density at radius 2 is 1.91 bits per heavy atom. The molecule has 2 saturated heterocycles. The van der Waals surface area contributed by atoms with Crippen molar-refractivity contribution in [3.05, 3.63) is 35.2 Å². The monoisotopic (exact) mass is 451 g/mol. The first-order chi connectivity index (χ1) is 15.2. The van der Waals surface area contributed by atoms with Crippen molar-refractivity contribution in [2.75, 3.05) is 18.0 Å². The van der Waals surface area contributed by atoms with Crippen LogP contribution in [0.2, 0.25) is 0 Å². The second-order valence-electron chi connectivity index (χ2n) is 7.47. The number of anilines is 1. The lowest BCUT2D eigenvalue weighted by Gasteiger charge is -2.32. The summed E-state index contributed by atoms with van der Waals surface area (Å²) in [5.41, 5.74) is 0.0723. The number of nitrogens with one attached hydrogen (secondary N) is 2. The first kappa shape index (κ1) is 23.1. The smallest absolute Gasteiger partial charge is 0.405 e. The van der Waals surface area contributed by atoms with E-state index in [4.69, 9.17) is 0 Å². The summed E-state index contributed by atoms with van der Waals surface area (Å²) in [6, 6.07) is 2.99. The Kier molecular flexibility index (Phi) is 7.02. The van der Waals surface area contributed by atoms with Gasteiger partial charge < -0.3 is 25.1 Å². The number of alkyl halides is 3. The lowest BCUT2D eigenvalue weighted by molar-refractivity contribution is -0.274. The number of piperidine rings is 2. The largest absolute Gasteiger partial charge is 0.573 e. The summed E-state index contributed by atoms with van der Waals surface area (Å²) in [6.07, 6.45) is -2.63. The molecular weight excluding hydrogens is 431 g/mol. The van der Waals surface area contributed by atoms with Crippen molar-refractivity contribution in [2.45, 2.75) is 38.1 Å². The van der Waals surface area contributed by atoms with Gasteiger partial charge in [0, 0.05) is 37.2 Å². The molecule has 0 aliphatic carbocycles. The Morgan fingerprint density at radius 1 is 1.19 bits per heavy atom. The predicted octanol–water partition coefficient (Wildman–Crippen LogP) is 1.91. The van der Waals surface area contributed by atoms with Gasteiger partial charge in [0.05, 0.1) is 11.6 Å². The third-order valence-corrected chi connectivity index (χ3v) is 5.39. The molecule has 170 valence electrons. The van der Waals surface area contributed by atoms with Crippen LogP contribution in [0.15, 0.2) is 29.6 Å². The minimum atomic E-state index is -5.03. The molecule has 1 amide bonds. The van der Waals surface area contributed by atoms with E-state index in [1.54, 1.807) is 11.9 Å². The van der Waals surface area contributed by atoms with E-state index in [-0.39, 0.29) is 35.7 Å². The number of ether oxygens (including phenoxy) is 1. The maximum atomic E-state index is 13.0. The van der Waals surface area contributed by atoms with Crippen molar-refractivity contribution < 1.29 is 37.1 Å². The normalized spacial score (nSPS) is 19.5. The van der Waals surface area contributed by atoms with Gasteiger partial charge in [0.2, 0.25) is 0 Å². The molecular formula is C21H20F3N3O5. The Balaban J connectivity index is 1.83. The highest BCUT2D eigenvalue weighted by molar-refractivity contribution is 5.98. The summed E-state index contributed by atoms with van der Waals surface area (Å²) in [7, 11) is 0. The number of hydrogen-bond donors (Lipinski definition) is 2. The van der Waals surface area contributed by atoms with Gasteiger partial charge >= 0.3 is 6.36 Å². The van der Waals surface area contributed by atoms with Gasteiger partial charge in [-0.15, -0.1) is 13.2 Å². The molecule has 0 spiro atoms. The molecule has 11 heteroatoms. The molecule has 0 unspecified atom stereocenters. The van der Waals surface area contributed by atoms with Crippen LogP contribution in [-0.4, -0.2) is 49.6 Å². The van der Waals surface area contributed by atoms with Gasteiger partial charge in [-0.1, -0.05) is 0 Å². The van der Waals surface area contributed by atoms with E-state index in [1.165, 1.54) is 12.1 Å². The molecule has 2 aliphatic heterocycles. The average molecular weight is 451 g/mol. The van der Waals surface area contributed by atoms with Crippen molar-refractivity contribution in [1.82, 2.24) is 10.6 Å². The average Bonchev–Trinajstić information content (AvgIpc) is 2.78. The molecule has 1 atom stereocenters. The molecule has 1 aromatic carbocycles. The van der Waals surface area contributed by atoms with Crippen LogP contribution < -0.4 is 20.3 Å². The second kappa shape index (κ2) is 9.72. The van der Waals surface area contributed by atoms with Crippen LogP contribution >= 0.6 is 0 Å². The SMILES string of the molecule is O=C=C1CC[C@H](NC(=O)c2ccc(N3CCC(C=O)CC3)cc2OC(F)(F)F)C(=C=O)N1. The Labute approximate surface area is 181 Å². The number of amides is 1. The van der Waals surface area contributed by atoms with Crippen LogP contribution in [0.1, 0.15) is 36.0 Å². The van der Waals surface area contributed by atoms with E-state index < -0.39 is 24.1 Å². The Morgan fingerprint density at radius 3 is 2.50 bits per heavy atom. The molecule has 2 N–H and O–H groups in total. The fourth-order valence-corrected chi connectivity index (χ4v) is 3.70. The number of allylic oxidation sites excluding steroid dienone is 1. The number of benzene rings is 1. The molecule has 2 fully saturated rings. The lowest BCUT2D eigenvalue weighted by atomic mass is 9.98. The van der Waals surface area contributed by atoms with E-state index in [0.29, 0.717) is 31.6 Å². The van der Waals surface area contributed by atoms with Crippen LogP contribution in [0.4, 0.5) is 18.9 Å². The number of aldehydes is 1. The van der Waals surface area contributed by atoms with Gasteiger partial charge in [-0.05, 0) is 31.4 Å². The van der Waals surface area contributed by atoms with Gasteiger partial charge in [0.15, 0.2) is 0 Å². The van der Waals surface area contributed by atoms with Crippen molar-refractivity contribution in [3.63, 3.8) is 0 Å². The highest BCUT2D eigenvalue weighted by Crippen LogP contribution is 2.32. The summed E-state index contributed by atoms with van der Waals surface area (Å²) in [6.45, 7) is 0.961. The van der Waals surface area contributed by atoms with Crippen LogP contribution in [0, 0.1) is 5.92 Å². The molecule has 8 nitrogen and oxygen atoms in total.